The molecule has 4 aliphatic heterocycles. The minimum Gasteiger partial charge on any atom is -0.480 e. The van der Waals surface area contributed by atoms with Crippen LogP contribution in [0, 0.1) is 47.3 Å². The largest absolute Gasteiger partial charge is 0.480 e. The summed E-state index contributed by atoms with van der Waals surface area (Å²) in [6, 6.07) is 0. The highest BCUT2D eigenvalue weighted by Crippen LogP contribution is 2.68. The molecule has 2 saturated heterocycles. The summed E-state index contributed by atoms with van der Waals surface area (Å²) in [5.74, 6) is -3.21. The quantitative estimate of drug-likeness (QED) is 0.184. The molecule has 9 aliphatic carbocycles. The third-order valence-electron chi connectivity index (χ3n) is 14.3. The van der Waals surface area contributed by atoms with Gasteiger partial charge in [-0.25, -0.2) is 19.2 Å². The SMILES string of the molecule is O=C1OC2(CCC3(CC2)OC(=O)C(/C=C2/SC4(OC2=O)C2CC5CC(C2)CC4C5)=C(O)O3)OC(O)=C1/C=C1/SC2(OC1=O)C1CC3CC(C1)CC2C3. The molecule has 13 aliphatic rings. The Balaban J connectivity index is 0.777. The van der Waals surface area contributed by atoms with Gasteiger partial charge in [0.05, 0.1) is 9.81 Å². The molecule has 52 heavy (non-hydrogen) atoms. The Labute approximate surface area is 308 Å². The minimum absolute atomic E-state index is 0.0231. The maximum atomic E-state index is 13.3. The molecular formula is C38H40O12S2. The molecule has 4 spiro atoms. The summed E-state index contributed by atoms with van der Waals surface area (Å²) in [7, 11) is 0. The van der Waals surface area contributed by atoms with Crippen LogP contribution in [0.25, 0.3) is 0 Å². The van der Waals surface area contributed by atoms with Crippen LogP contribution < -0.4 is 0 Å². The van der Waals surface area contributed by atoms with E-state index in [-0.39, 0.29) is 70.3 Å². The first kappa shape index (κ1) is 32.2. The highest BCUT2D eigenvalue weighted by molar-refractivity contribution is 8.05. The third kappa shape index (κ3) is 4.54. The van der Waals surface area contributed by atoms with Gasteiger partial charge in [-0.3, -0.25) is 0 Å². The molecule has 0 unspecified atom stereocenters. The van der Waals surface area contributed by atoms with Crippen LogP contribution in [0.15, 0.2) is 45.0 Å². The van der Waals surface area contributed by atoms with E-state index in [1.807, 2.05) is 0 Å². The predicted molar refractivity (Wildman–Crippen MR) is 181 cm³/mol. The van der Waals surface area contributed by atoms with Crippen molar-refractivity contribution < 1.29 is 57.8 Å². The van der Waals surface area contributed by atoms with Crippen molar-refractivity contribution in [3.63, 3.8) is 0 Å². The smallest absolute Gasteiger partial charge is 0.348 e. The number of aliphatic hydroxyl groups is 2. The third-order valence-corrected chi connectivity index (χ3v) is 17.5. The first-order chi connectivity index (χ1) is 24.9. The van der Waals surface area contributed by atoms with Gasteiger partial charge in [-0.2, -0.15) is 0 Å². The summed E-state index contributed by atoms with van der Waals surface area (Å²) in [6.07, 6.45) is 13.4. The van der Waals surface area contributed by atoms with Crippen LogP contribution in [0.1, 0.15) is 89.9 Å². The van der Waals surface area contributed by atoms with E-state index in [0.717, 1.165) is 51.4 Å². The topological polar surface area (TPSA) is 164 Å². The number of rotatable bonds is 2. The molecule has 276 valence electrons. The molecule has 0 aromatic heterocycles. The van der Waals surface area contributed by atoms with Gasteiger partial charge in [0.25, 0.3) is 23.5 Å². The molecule has 8 bridgehead atoms. The molecule has 9 saturated carbocycles. The van der Waals surface area contributed by atoms with Crippen molar-refractivity contribution in [2.75, 3.05) is 0 Å². The summed E-state index contributed by atoms with van der Waals surface area (Å²) >= 11 is 2.75. The molecule has 0 aromatic carbocycles. The van der Waals surface area contributed by atoms with Gasteiger partial charge in [0.15, 0.2) is 9.87 Å². The normalized spacial score (nSPS) is 49.8. The van der Waals surface area contributed by atoms with Crippen LogP contribution in [-0.2, 0) is 47.6 Å². The standard InChI is InChI=1S/C38H40O12S2/c39-29-25(15-27-33(43)49-37(51-27)21-7-17-5-18(9-21)10-22(37)8-17)30(40)46-35(45-29)1-2-36(4-3-35)47-31(41)26(32(42)48-36)16-28-34(44)50-38(52-28)23-11-19-6-20(13-23)14-24(38)12-19/h15-24,39,41H,1-14H2/b27-15+,28-16+. The summed E-state index contributed by atoms with van der Waals surface area (Å²) in [5, 5.41) is 22.0. The van der Waals surface area contributed by atoms with Crippen LogP contribution in [0.3, 0.4) is 0 Å². The zero-order valence-electron chi connectivity index (χ0n) is 28.5. The van der Waals surface area contributed by atoms with Crippen LogP contribution in [0.2, 0.25) is 0 Å². The second-order valence-electron chi connectivity index (χ2n) is 17.3. The fourth-order valence-electron chi connectivity index (χ4n) is 12.4. The van der Waals surface area contributed by atoms with Gasteiger partial charge in [-0.05, 0) is 100 Å². The van der Waals surface area contributed by atoms with E-state index in [0.29, 0.717) is 23.7 Å². The van der Waals surface area contributed by atoms with Gasteiger partial charge >= 0.3 is 23.9 Å². The molecule has 13 rings (SSSR count). The second kappa shape index (κ2) is 10.7. The zero-order chi connectivity index (χ0) is 35.4. The van der Waals surface area contributed by atoms with Crippen molar-refractivity contribution in [2.45, 2.75) is 111 Å². The second-order valence-corrected chi connectivity index (χ2v) is 19.9. The zero-order valence-corrected chi connectivity index (χ0v) is 30.1. The van der Waals surface area contributed by atoms with Crippen LogP contribution in [0.5, 0.6) is 0 Å². The average molecular weight is 753 g/mol. The Morgan fingerprint density at radius 3 is 1.10 bits per heavy atom. The van der Waals surface area contributed by atoms with Crippen molar-refractivity contribution in [1.29, 1.82) is 0 Å². The van der Waals surface area contributed by atoms with Crippen molar-refractivity contribution in [3.05, 3.63) is 45.0 Å². The average Bonchev–Trinajstić information content (AvgIpc) is 3.60. The number of hydrogen-bond acceptors (Lipinski definition) is 14. The molecule has 0 radical (unpaired) electrons. The molecule has 11 fully saturated rings. The number of carbonyl (C=O) groups excluding carboxylic acids is 4. The maximum Gasteiger partial charge on any atom is 0.348 e. The number of ether oxygens (including phenoxy) is 6. The van der Waals surface area contributed by atoms with Gasteiger partial charge in [0.2, 0.25) is 0 Å². The molecule has 0 aromatic rings. The predicted octanol–water partition coefficient (Wildman–Crippen LogP) is 6.29. The fraction of sp³-hybridized carbons (Fsp3) is 0.684. The summed E-state index contributed by atoms with van der Waals surface area (Å²) in [6.45, 7) is 0. The van der Waals surface area contributed by atoms with Gasteiger partial charge < -0.3 is 38.6 Å². The number of thioether (sulfide) groups is 2. The molecule has 2 N–H and O–H groups in total. The molecule has 12 nitrogen and oxygen atoms in total. The van der Waals surface area contributed by atoms with Crippen LogP contribution >= 0.6 is 23.5 Å². The van der Waals surface area contributed by atoms with Gasteiger partial charge in [-0.15, -0.1) is 0 Å². The minimum atomic E-state index is -1.56. The first-order valence-electron chi connectivity index (χ1n) is 18.9. The number of hydrogen-bond donors (Lipinski definition) is 2. The van der Waals surface area contributed by atoms with E-state index in [4.69, 9.17) is 28.4 Å². The van der Waals surface area contributed by atoms with E-state index in [9.17, 15) is 29.4 Å². The number of aliphatic hydroxyl groups excluding tert-OH is 2. The molecule has 14 heteroatoms. The lowest BCUT2D eigenvalue weighted by Crippen LogP contribution is -2.55. The summed E-state index contributed by atoms with van der Waals surface area (Å²) in [5.41, 5.74) is -0.521. The maximum absolute atomic E-state index is 13.3. The van der Waals surface area contributed by atoms with E-state index >= 15 is 0 Å². The molecule has 0 amide bonds. The summed E-state index contributed by atoms with van der Waals surface area (Å²) in [4.78, 5) is 52.2. The van der Waals surface area contributed by atoms with Gasteiger partial charge in [0.1, 0.15) is 11.1 Å². The lowest BCUT2D eigenvalue weighted by molar-refractivity contribution is -0.302. The Kier molecular flexibility index (Phi) is 6.62. The number of esters is 4. The van der Waals surface area contributed by atoms with Crippen molar-refractivity contribution in [3.8, 4) is 0 Å². The van der Waals surface area contributed by atoms with E-state index in [1.54, 1.807) is 0 Å². The van der Waals surface area contributed by atoms with Crippen molar-refractivity contribution >= 4 is 47.4 Å². The Morgan fingerprint density at radius 1 is 0.462 bits per heavy atom. The van der Waals surface area contributed by atoms with Gasteiger partial charge in [-0.1, -0.05) is 23.5 Å². The van der Waals surface area contributed by atoms with E-state index < -0.39 is 57.2 Å². The van der Waals surface area contributed by atoms with Gasteiger partial charge in [0, 0.05) is 49.4 Å². The molecule has 4 heterocycles. The lowest BCUT2D eigenvalue weighted by Gasteiger charge is -2.57. The van der Waals surface area contributed by atoms with Crippen LogP contribution in [0.4, 0.5) is 0 Å². The Bertz CT molecular complexity index is 1660. The fourth-order valence-corrected chi connectivity index (χ4v) is 15.4. The lowest BCUT2D eigenvalue weighted by atomic mass is 9.54. The molecular weight excluding hydrogens is 713 g/mol. The first-order valence-corrected chi connectivity index (χ1v) is 20.6. The Hall–Kier alpha value is -3.26. The highest BCUT2D eigenvalue weighted by Gasteiger charge is 2.65. The van der Waals surface area contributed by atoms with Crippen LogP contribution in [-0.4, -0.2) is 55.5 Å². The monoisotopic (exact) mass is 752 g/mol. The van der Waals surface area contributed by atoms with Crippen molar-refractivity contribution in [2.24, 2.45) is 47.3 Å². The van der Waals surface area contributed by atoms with Crippen molar-refractivity contribution in [1.82, 2.24) is 0 Å². The van der Waals surface area contributed by atoms with E-state index in [1.165, 1.54) is 48.5 Å². The van der Waals surface area contributed by atoms with E-state index in [2.05, 4.69) is 0 Å². The Morgan fingerprint density at radius 2 is 0.788 bits per heavy atom. The molecule has 0 atom stereocenters. The summed E-state index contributed by atoms with van der Waals surface area (Å²) < 4.78 is 35.4. The highest BCUT2D eigenvalue weighted by atomic mass is 32.2. The number of carbonyl (C=O) groups is 4.